The lowest BCUT2D eigenvalue weighted by molar-refractivity contribution is 0.0970. The fourth-order valence-electron chi connectivity index (χ4n) is 3.68. The third kappa shape index (κ3) is 2.80. The number of hydrogen-bond donors (Lipinski definition) is 0. The van der Waals surface area contributed by atoms with Gasteiger partial charge in [0.05, 0.1) is 27.0 Å². The maximum Gasteiger partial charge on any atom is 0.296 e. The molecule has 1 aliphatic heterocycles. The van der Waals surface area contributed by atoms with Crippen molar-refractivity contribution in [2.45, 2.75) is 6.04 Å². The Morgan fingerprint density at radius 3 is 2.57 bits per heavy atom. The summed E-state index contributed by atoms with van der Waals surface area (Å²) >= 11 is 12.3. The molecule has 5 nitrogen and oxygen atoms in total. The Bertz CT molecular complexity index is 1390. The largest absolute Gasteiger partial charge is 0.450 e. The van der Waals surface area contributed by atoms with E-state index in [-0.39, 0.29) is 27.3 Å². The van der Waals surface area contributed by atoms with Crippen molar-refractivity contribution in [2.24, 2.45) is 0 Å². The van der Waals surface area contributed by atoms with Gasteiger partial charge in [-0.2, -0.15) is 0 Å². The molecule has 3 heterocycles. The quantitative estimate of drug-likeness (QED) is 0.419. The molecule has 1 amide bonds. The van der Waals surface area contributed by atoms with Crippen LogP contribution in [0.3, 0.4) is 0 Å². The number of anilines is 1. The average molecular weight is 441 g/mol. The van der Waals surface area contributed by atoms with Crippen molar-refractivity contribution in [3.63, 3.8) is 0 Å². The normalized spacial score (nSPS) is 15.6. The van der Waals surface area contributed by atoms with Crippen molar-refractivity contribution in [3.05, 3.63) is 104 Å². The Morgan fingerprint density at radius 1 is 1.00 bits per heavy atom. The fourth-order valence-corrected chi connectivity index (χ4v) is 3.98. The molecule has 0 fully saturated rings. The summed E-state index contributed by atoms with van der Waals surface area (Å²) < 4.78 is 19.6. The number of aromatic nitrogens is 1. The van der Waals surface area contributed by atoms with Crippen LogP contribution in [0.1, 0.15) is 27.7 Å². The summed E-state index contributed by atoms with van der Waals surface area (Å²) in [4.78, 5) is 32.3. The van der Waals surface area contributed by atoms with E-state index in [1.54, 1.807) is 42.6 Å². The lowest BCUT2D eigenvalue weighted by Crippen LogP contribution is -2.30. The Morgan fingerprint density at radius 2 is 1.83 bits per heavy atom. The van der Waals surface area contributed by atoms with Crippen molar-refractivity contribution < 1.29 is 13.6 Å². The first-order valence-corrected chi connectivity index (χ1v) is 9.67. The predicted octanol–water partition coefficient (Wildman–Crippen LogP) is 5.38. The van der Waals surface area contributed by atoms with E-state index >= 15 is 0 Å². The number of pyridine rings is 1. The Hall–Kier alpha value is -3.22. The molecule has 0 saturated heterocycles. The zero-order valence-corrected chi connectivity index (χ0v) is 16.6. The van der Waals surface area contributed by atoms with Crippen LogP contribution < -0.4 is 10.3 Å². The first-order chi connectivity index (χ1) is 14.5. The molecular formula is C22H11Cl2FN2O3. The van der Waals surface area contributed by atoms with Gasteiger partial charge in [0.1, 0.15) is 17.2 Å². The molecule has 1 aliphatic rings. The molecule has 148 valence electrons. The zero-order valence-electron chi connectivity index (χ0n) is 15.1. The molecule has 0 spiro atoms. The molecule has 0 N–H and O–H groups in total. The van der Waals surface area contributed by atoms with Crippen LogP contribution in [0.2, 0.25) is 10.0 Å². The van der Waals surface area contributed by atoms with E-state index in [4.69, 9.17) is 27.6 Å². The monoisotopic (exact) mass is 440 g/mol. The number of rotatable bonds is 2. The minimum Gasteiger partial charge on any atom is -0.450 e. The highest BCUT2D eigenvalue weighted by Gasteiger charge is 2.44. The zero-order chi connectivity index (χ0) is 21.0. The molecule has 8 heteroatoms. The van der Waals surface area contributed by atoms with Crippen LogP contribution in [0.4, 0.5) is 10.2 Å². The number of hydrogen-bond acceptors (Lipinski definition) is 4. The average Bonchev–Trinajstić information content (AvgIpc) is 3.04. The Labute approximate surface area is 179 Å². The molecule has 1 atom stereocenters. The molecular weight excluding hydrogens is 430 g/mol. The lowest BCUT2D eigenvalue weighted by Gasteiger charge is -2.24. The molecule has 1 unspecified atom stereocenters. The van der Waals surface area contributed by atoms with Crippen LogP contribution in [0.15, 0.2) is 70.0 Å². The highest BCUT2D eigenvalue weighted by molar-refractivity contribution is 6.42. The summed E-state index contributed by atoms with van der Waals surface area (Å²) in [6.07, 6.45) is 1.54. The van der Waals surface area contributed by atoms with Gasteiger partial charge < -0.3 is 4.42 Å². The minimum atomic E-state index is -0.860. The highest BCUT2D eigenvalue weighted by Crippen LogP contribution is 2.41. The summed E-state index contributed by atoms with van der Waals surface area (Å²) in [5, 5.41) is 0.656. The van der Waals surface area contributed by atoms with E-state index in [2.05, 4.69) is 4.98 Å². The van der Waals surface area contributed by atoms with Crippen LogP contribution in [0.25, 0.3) is 11.0 Å². The van der Waals surface area contributed by atoms with E-state index < -0.39 is 23.2 Å². The van der Waals surface area contributed by atoms with Crippen molar-refractivity contribution in [1.82, 2.24) is 4.98 Å². The SMILES string of the molecule is O=C1c2oc3ccc(F)cc3c(=O)c2C(c2ccc(Cl)c(Cl)c2)N1c1ccccn1. The van der Waals surface area contributed by atoms with Gasteiger partial charge in [0, 0.05) is 6.20 Å². The maximum absolute atomic E-state index is 13.8. The standard InChI is InChI=1S/C22H11Cl2FN2O3/c23-14-6-4-11(9-15(14)24)19-18-20(28)13-10-12(25)5-7-16(13)30-21(18)22(29)27(19)17-3-1-2-8-26-17/h1-10,19H. The first kappa shape index (κ1) is 18.8. The van der Waals surface area contributed by atoms with Crippen molar-refractivity contribution in [1.29, 1.82) is 0 Å². The summed E-state index contributed by atoms with van der Waals surface area (Å²) in [7, 11) is 0. The van der Waals surface area contributed by atoms with Crippen molar-refractivity contribution >= 4 is 45.9 Å². The van der Waals surface area contributed by atoms with E-state index in [0.29, 0.717) is 16.4 Å². The summed E-state index contributed by atoms with van der Waals surface area (Å²) in [6, 6.07) is 12.7. The Kier molecular flexibility index (Phi) is 4.34. The summed E-state index contributed by atoms with van der Waals surface area (Å²) in [5.41, 5.74) is 0.283. The van der Waals surface area contributed by atoms with Gasteiger partial charge in [-0.3, -0.25) is 14.5 Å². The van der Waals surface area contributed by atoms with Crippen molar-refractivity contribution in [2.75, 3.05) is 4.90 Å². The molecule has 2 aromatic heterocycles. The van der Waals surface area contributed by atoms with Gasteiger partial charge in [0.25, 0.3) is 5.91 Å². The van der Waals surface area contributed by atoms with Crippen LogP contribution in [0.5, 0.6) is 0 Å². The van der Waals surface area contributed by atoms with Gasteiger partial charge >= 0.3 is 0 Å². The van der Waals surface area contributed by atoms with E-state index in [9.17, 15) is 14.0 Å². The van der Waals surface area contributed by atoms with Gasteiger partial charge in [0.15, 0.2) is 5.43 Å². The molecule has 0 saturated carbocycles. The van der Waals surface area contributed by atoms with E-state index in [1.807, 2.05) is 0 Å². The number of carbonyl (C=O) groups excluding carboxylic acids is 1. The number of amides is 1. The summed E-state index contributed by atoms with van der Waals surface area (Å²) in [5.74, 6) is -0.879. The van der Waals surface area contributed by atoms with Crippen LogP contribution >= 0.6 is 23.2 Å². The molecule has 4 aromatic rings. The van der Waals surface area contributed by atoms with Gasteiger partial charge in [-0.05, 0) is 48.0 Å². The Balaban J connectivity index is 1.84. The maximum atomic E-state index is 13.8. The van der Waals surface area contributed by atoms with Crippen LogP contribution in [0, 0.1) is 5.82 Å². The van der Waals surface area contributed by atoms with Crippen LogP contribution in [-0.4, -0.2) is 10.9 Å². The van der Waals surface area contributed by atoms with Gasteiger partial charge in [-0.25, -0.2) is 9.37 Å². The molecule has 0 aliphatic carbocycles. The summed E-state index contributed by atoms with van der Waals surface area (Å²) in [6.45, 7) is 0. The minimum absolute atomic E-state index is 0.0504. The number of nitrogens with zero attached hydrogens (tertiary/aromatic N) is 2. The van der Waals surface area contributed by atoms with E-state index in [0.717, 1.165) is 6.07 Å². The van der Waals surface area contributed by atoms with Crippen LogP contribution in [-0.2, 0) is 0 Å². The molecule has 2 aromatic carbocycles. The topological polar surface area (TPSA) is 63.4 Å². The lowest BCUT2D eigenvalue weighted by atomic mass is 9.98. The van der Waals surface area contributed by atoms with E-state index in [1.165, 1.54) is 17.0 Å². The predicted molar refractivity (Wildman–Crippen MR) is 112 cm³/mol. The number of benzene rings is 2. The first-order valence-electron chi connectivity index (χ1n) is 8.91. The smallest absolute Gasteiger partial charge is 0.296 e. The molecule has 0 radical (unpaired) electrons. The molecule has 5 rings (SSSR count). The third-order valence-electron chi connectivity index (χ3n) is 4.99. The second-order valence-electron chi connectivity index (χ2n) is 6.75. The molecule has 0 bridgehead atoms. The number of fused-ring (bicyclic) bond motifs is 2. The molecule has 30 heavy (non-hydrogen) atoms. The number of carbonyl (C=O) groups is 1. The second kappa shape index (κ2) is 6.93. The van der Waals surface area contributed by atoms with Gasteiger partial charge in [-0.1, -0.05) is 35.3 Å². The third-order valence-corrected chi connectivity index (χ3v) is 5.73. The second-order valence-corrected chi connectivity index (χ2v) is 7.57. The highest BCUT2D eigenvalue weighted by atomic mass is 35.5. The van der Waals surface area contributed by atoms with Gasteiger partial charge in [-0.15, -0.1) is 0 Å². The fraction of sp³-hybridized carbons (Fsp3) is 0.0455. The van der Waals surface area contributed by atoms with Gasteiger partial charge in [0.2, 0.25) is 5.76 Å². The number of halogens is 3. The van der Waals surface area contributed by atoms with Crippen molar-refractivity contribution in [3.8, 4) is 0 Å².